The van der Waals surface area contributed by atoms with Gasteiger partial charge in [0, 0.05) is 19.0 Å². The van der Waals surface area contributed by atoms with Crippen LogP contribution in [0.1, 0.15) is 36.1 Å². The number of halogens is 1. The van der Waals surface area contributed by atoms with Crippen molar-refractivity contribution in [2.24, 2.45) is 0 Å². The lowest BCUT2D eigenvalue weighted by Crippen LogP contribution is -2.54. The highest BCUT2D eigenvalue weighted by Gasteiger charge is 2.34. The maximum Gasteiger partial charge on any atom is 0.264 e. The summed E-state index contributed by atoms with van der Waals surface area (Å²) >= 11 is 0. The second kappa shape index (κ2) is 14.3. The second-order valence-corrected chi connectivity index (χ2v) is 13.0. The number of sulfonamides is 1. The molecule has 0 aliphatic carbocycles. The number of nitrogens with zero attached hydrogens (tertiary/aromatic N) is 2. The van der Waals surface area contributed by atoms with E-state index in [0.29, 0.717) is 11.3 Å². The van der Waals surface area contributed by atoms with Crippen molar-refractivity contribution in [1.29, 1.82) is 0 Å². The average molecular weight is 616 g/mol. The monoisotopic (exact) mass is 615 g/mol. The Bertz CT molecular complexity index is 1680. The van der Waals surface area contributed by atoms with E-state index in [2.05, 4.69) is 5.32 Å². The van der Waals surface area contributed by atoms with Gasteiger partial charge in [0.25, 0.3) is 10.0 Å². The Balaban J connectivity index is 1.80. The van der Waals surface area contributed by atoms with Gasteiger partial charge in [0.1, 0.15) is 18.4 Å². The lowest BCUT2D eigenvalue weighted by molar-refractivity contribution is -0.140. The third kappa shape index (κ3) is 8.32. The minimum Gasteiger partial charge on any atom is -0.352 e. The smallest absolute Gasteiger partial charge is 0.264 e. The number of carbonyl (C=O) groups excluding carboxylic acids is 2. The first-order valence-corrected chi connectivity index (χ1v) is 15.9. The van der Waals surface area contributed by atoms with E-state index in [1.807, 2.05) is 64.1 Å². The fraction of sp³-hybridized carbons (Fsp3) is 0.257. The Morgan fingerprint density at radius 3 is 2.07 bits per heavy atom. The van der Waals surface area contributed by atoms with E-state index in [4.69, 9.17) is 0 Å². The number of anilines is 1. The number of rotatable bonds is 12. The highest BCUT2D eigenvalue weighted by Crippen LogP contribution is 2.26. The lowest BCUT2D eigenvalue weighted by atomic mass is 10.0. The molecule has 0 radical (unpaired) electrons. The molecule has 9 heteroatoms. The van der Waals surface area contributed by atoms with Crippen LogP contribution in [0.15, 0.2) is 108 Å². The Kier molecular flexibility index (Phi) is 10.5. The molecule has 7 nitrogen and oxygen atoms in total. The fourth-order valence-corrected chi connectivity index (χ4v) is 6.28. The molecular weight excluding hydrogens is 577 g/mol. The molecule has 1 atom stereocenters. The van der Waals surface area contributed by atoms with Gasteiger partial charge < -0.3 is 10.2 Å². The summed E-state index contributed by atoms with van der Waals surface area (Å²) in [6.07, 6.45) is 0.196. The van der Waals surface area contributed by atoms with E-state index in [1.54, 1.807) is 42.5 Å². The molecule has 2 amide bonds. The molecule has 4 aromatic carbocycles. The number of aryl methyl sites for hydroxylation is 2. The summed E-state index contributed by atoms with van der Waals surface area (Å²) in [5, 5.41) is 2.92. The van der Waals surface area contributed by atoms with E-state index >= 15 is 0 Å². The van der Waals surface area contributed by atoms with Crippen molar-refractivity contribution in [3.05, 3.63) is 131 Å². The maximum absolute atomic E-state index is 14.4. The molecule has 0 saturated carbocycles. The van der Waals surface area contributed by atoms with E-state index in [-0.39, 0.29) is 29.8 Å². The summed E-state index contributed by atoms with van der Waals surface area (Å²) in [5.41, 5.74) is 3.47. The van der Waals surface area contributed by atoms with E-state index in [0.717, 1.165) is 21.0 Å². The van der Waals surface area contributed by atoms with Crippen molar-refractivity contribution in [3.8, 4) is 0 Å². The SMILES string of the molecule is Cc1ccc(S(=O)(=O)N(CC(=O)N(Cc2ccc(F)cc2)[C@@H](Cc2ccccc2)C(=O)NC(C)C)c2cccc(C)c2)cc1. The molecule has 230 valence electrons. The Morgan fingerprint density at radius 1 is 0.795 bits per heavy atom. The number of carbonyl (C=O) groups is 2. The minimum atomic E-state index is -4.18. The predicted molar refractivity (Wildman–Crippen MR) is 171 cm³/mol. The normalized spacial score (nSPS) is 12.0. The van der Waals surface area contributed by atoms with Gasteiger partial charge in [0.15, 0.2) is 0 Å². The van der Waals surface area contributed by atoms with Gasteiger partial charge in [0.2, 0.25) is 11.8 Å². The Morgan fingerprint density at radius 2 is 1.45 bits per heavy atom. The highest BCUT2D eigenvalue weighted by molar-refractivity contribution is 7.92. The molecular formula is C35H38FN3O4S. The summed E-state index contributed by atoms with van der Waals surface area (Å²) in [5.74, 6) is -1.38. The predicted octanol–water partition coefficient (Wildman–Crippen LogP) is 5.80. The molecule has 0 saturated heterocycles. The van der Waals surface area contributed by atoms with Crippen LogP contribution in [0.5, 0.6) is 0 Å². The molecule has 0 aliphatic heterocycles. The fourth-order valence-electron chi connectivity index (χ4n) is 4.87. The second-order valence-electron chi connectivity index (χ2n) is 11.2. The molecule has 0 unspecified atom stereocenters. The minimum absolute atomic E-state index is 0.0334. The van der Waals surface area contributed by atoms with Crippen LogP contribution in [0.25, 0.3) is 0 Å². The quantitative estimate of drug-likeness (QED) is 0.218. The highest BCUT2D eigenvalue weighted by atomic mass is 32.2. The van der Waals surface area contributed by atoms with Crippen LogP contribution in [0, 0.1) is 19.7 Å². The first-order valence-electron chi connectivity index (χ1n) is 14.5. The molecule has 4 rings (SSSR count). The van der Waals surface area contributed by atoms with Crippen LogP contribution in [0.3, 0.4) is 0 Å². The third-order valence-electron chi connectivity index (χ3n) is 7.15. The lowest BCUT2D eigenvalue weighted by Gasteiger charge is -2.34. The van der Waals surface area contributed by atoms with Crippen LogP contribution in [-0.4, -0.2) is 43.8 Å². The van der Waals surface area contributed by atoms with Crippen molar-refractivity contribution < 1.29 is 22.4 Å². The zero-order valence-electron chi connectivity index (χ0n) is 25.4. The van der Waals surface area contributed by atoms with Gasteiger partial charge in [0.05, 0.1) is 10.6 Å². The molecule has 0 heterocycles. The van der Waals surface area contributed by atoms with E-state index in [1.165, 1.54) is 29.2 Å². The van der Waals surface area contributed by atoms with Crippen molar-refractivity contribution in [2.45, 2.75) is 57.6 Å². The van der Waals surface area contributed by atoms with Gasteiger partial charge in [-0.1, -0.05) is 72.3 Å². The zero-order valence-corrected chi connectivity index (χ0v) is 26.2. The Hall–Kier alpha value is -4.50. The molecule has 0 aromatic heterocycles. The summed E-state index contributed by atoms with van der Waals surface area (Å²) in [4.78, 5) is 29.5. The van der Waals surface area contributed by atoms with Gasteiger partial charge in [-0.25, -0.2) is 12.8 Å². The average Bonchev–Trinajstić information content (AvgIpc) is 2.98. The van der Waals surface area contributed by atoms with Gasteiger partial charge in [-0.15, -0.1) is 0 Å². The van der Waals surface area contributed by atoms with E-state index in [9.17, 15) is 22.4 Å². The topological polar surface area (TPSA) is 86.8 Å². The van der Waals surface area contributed by atoms with Crippen LogP contribution >= 0.6 is 0 Å². The first-order chi connectivity index (χ1) is 20.9. The molecule has 0 aliphatic rings. The van der Waals surface area contributed by atoms with Crippen molar-refractivity contribution >= 4 is 27.5 Å². The standard InChI is InChI=1S/C35H38FN3O4S/c1-25(2)37-35(41)33(22-28-10-6-5-7-11-28)38(23-29-15-17-30(36)18-16-29)34(40)24-39(31-12-8-9-27(4)21-31)44(42,43)32-19-13-26(3)14-20-32/h5-21,25,33H,22-24H2,1-4H3,(H,37,41)/t33-/m0/s1. The van der Waals surface area contributed by atoms with Gasteiger partial charge in [-0.3, -0.25) is 13.9 Å². The van der Waals surface area contributed by atoms with Gasteiger partial charge in [-0.2, -0.15) is 0 Å². The molecule has 0 bridgehead atoms. The van der Waals surface area contributed by atoms with Crippen LogP contribution in [-0.2, 0) is 32.6 Å². The summed E-state index contributed by atoms with van der Waals surface area (Å²) in [6, 6.07) is 27.2. The summed E-state index contributed by atoms with van der Waals surface area (Å²) < 4.78 is 43.0. The zero-order chi connectivity index (χ0) is 31.9. The third-order valence-corrected chi connectivity index (χ3v) is 8.93. The summed E-state index contributed by atoms with van der Waals surface area (Å²) in [6.45, 7) is 6.78. The molecule has 0 fully saturated rings. The largest absolute Gasteiger partial charge is 0.352 e. The Labute approximate surface area is 259 Å². The number of amides is 2. The molecule has 44 heavy (non-hydrogen) atoms. The number of benzene rings is 4. The van der Waals surface area contributed by atoms with Crippen molar-refractivity contribution in [2.75, 3.05) is 10.8 Å². The van der Waals surface area contributed by atoms with Crippen LogP contribution < -0.4 is 9.62 Å². The van der Waals surface area contributed by atoms with Gasteiger partial charge >= 0.3 is 0 Å². The first kappa shape index (κ1) is 32.4. The number of nitrogens with one attached hydrogen (secondary N) is 1. The van der Waals surface area contributed by atoms with Crippen molar-refractivity contribution in [1.82, 2.24) is 10.2 Å². The molecule has 1 N–H and O–H groups in total. The van der Waals surface area contributed by atoms with Crippen molar-refractivity contribution in [3.63, 3.8) is 0 Å². The number of hydrogen-bond donors (Lipinski definition) is 1. The molecule has 4 aromatic rings. The summed E-state index contributed by atoms with van der Waals surface area (Å²) in [7, 11) is -4.18. The maximum atomic E-state index is 14.4. The number of hydrogen-bond acceptors (Lipinski definition) is 4. The van der Waals surface area contributed by atoms with E-state index < -0.39 is 34.3 Å². The molecule has 0 spiro atoms. The van der Waals surface area contributed by atoms with Gasteiger partial charge in [-0.05, 0) is 80.8 Å². The van der Waals surface area contributed by atoms with Crippen LogP contribution in [0.4, 0.5) is 10.1 Å². The van der Waals surface area contributed by atoms with Crippen LogP contribution in [0.2, 0.25) is 0 Å².